The van der Waals surface area contributed by atoms with E-state index in [1.54, 1.807) is 0 Å². The van der Waals surface area contributed by atoms with Crippen LogP contribution in [-0.2, 0) is 19.1 Å². The average molecular weight is 254 g/mol. The second-order valence-electron chi connectivity index (χ2n) is 5.55. The Kier molecular flexibility index (Phi) is 3.93. The SMILES string of the molecule is CCC(C)C(=O)OC(C)C1OC(=O)C2CCCC21. The van der Waals surface area contributed by atoms with Crippen LogP contribution >= 0.6 is 0 Å². The van der Waals surface area contributed by atoms with Crippen LogP contribution in [0, 0.1) is 17.8 Å². The maximum atomic E-state index is 11.8. The van der Waals surface area contributed by atoms with Gasteiger partial charge in [0, 0.05) is 5.92 Å². The molecule has 2 fully saturated rings. The third kappa shape index (κ3) is 2.38. The van der Waals surface area contributed by atoms with Crippen molar-refractivity contribution >= 4 is 11.9 Å². The van der Waals surface area contributed by atoms with Crippen molar-refractivity contribution in [3.05, 3.63) is 0 Å². The number of ether oxygens (including phenoxy) is 2. The van der Waals surface area contributed by atoms with Gasteiger partial charge in [-0.2, -0.15) is 0 Å². The molecular weight excluding hydrogens is 232 g/mol. The van der Waals surface area contributed by atoms with E-state index in [0.717, 1.165) is 25.7 Å². The second kappa shape index (κ2) is 5.29. The number of hydrogen-bond acceptors (Lipinski definition) is 4. The first-order valence-corrected chi connectivity index (χ1v) is 6.95. The minimum Gasteiger partial charge on any atom is -0.458 e. The fourth-order valence-corrected chi connectivity index (χ4v) is 2.96. The van der Waals surface area contributed by atoms with Crippen LogP contribution in [-0.4, -0.2) is 24.1 Å². The summed E-state index contributed by atoms with van der Waals surface area (Å²) in [5.41, 5.74) is 0. The molecule has 5 atom stereocenters. The molecule has 5 unspecified atom stereocenters. The molecule has 1 saturated heterocycles. The van der Waals surface area contributed by atoms with Crippen LogP contribution in [0.4, 0.5) is 0 Å². The Bertz CT molecular complexity index is 339. The molecule has 0 spiro atoms. The minimum absolute atomic E-state index is 0.0414. The Morgan fingerprint density at radius 3 is 2.83 bits per heavy atom. The van der Waals surface area contributed by atoms with Gasteiger partial charge in [0.05, 0.1) is 11.8 Å². The van der Waals surface area contributed by atoms with Crippen LogP contribution in [0.15, 0.2) is 0 Å². The predicted octanol–water partition coefficient (Wildman–Crippen LogP) is 2.31. The van der Waals surface area contributed by atoms with E-state index >= 15 is 0 Å². The second-order valence-corrected chi connectivity index (χ2v) is 5.55. The molecule has 4 nitrogen and oxygen atoms in total. The van der Waals surface area contributed by atoms with Gasteiger partial charge in [-0.1, -0.05) is 20.3 Å². The summed E-state index contributed by atoms with van der Waals surface area (Å²) in [6, 6.07) is 0. The first-order chi connectivity index (χ1) is 8.54. The molecule has 0 aromatic carbocycles. The molecule has 2 aliphatic rings. The minimum atomic E-state index is -0.330. The van der Waals surface area contributed by atoms with Gasteiger partial charge in [0.15, 0.2) is 0 Å². The van der Waals surface area contributed by atoms with E-state index < -0.39 is 0 Å². The van der Waals surface area contributed by atoms with Gasteiger partial charge in [-0.3, -0.25) is 9.59 Å². The quantitative estimate of drug-likeness (QED) is 0.722. The molecular formula is C14H22O4. The van der Waals surface area contributed by atoms with E-state index in [2.05, 4.69) is 0 Å². The highest BCUT2D eigenvalue weighted by molar-refractivity contribution is 5.76. The van der Waals surface area contributed by atoms with E-state index in [1.807, 2.05) is 20.8 Å². The Hall–Kier alpha value is -1.06. The van der Waals surface area contributed by atoms with Crippen molar-refractivity contribution in [3.8, 4) is 0 Å². The van der Waals surface area contributed by atoms with E-state index in [9.17, 15) is 9.59 Å². The van der Waals surface area contributed by atoms with Gasteiger partial charge in [0.1, 0.15) is 12.2 Å². The first kappa shape index (κ1) is 13.4. The highest BCUT2D eigenvalue weighted by Gasteiger charge is 2.50. The zero-order valence-corrected chi connectivity index (χ0v) is 11.3. The molecule has 0 aromatic rings. The summed E-state index contributed by atoms with van der Waals surface area (Å²) in [7, 11) is 0. The monoisotopic (exact) mass is 254 g/mol. The van der Waals surface area contributed by atoms with Gasteiger partial charge in [-0.05, 0) is 26.2 Å². The highest BCUT2D eigenvalue weighted by atomic mass is 16.6. The molecule has 0 bridgehead atoms. The largest absolute Gasteiger partial charge is 0.458 e. The number of hydrogen-bond donors (Lipinski definition) is 0. The molecule has 102 valence electrons. The van der Waals surface area contributed by atoms with Gasteiger partial charge >= 0.3 is 11.9 Å². The van der Waals surface area contributed by atoms with Gasteiger partial charge in [0.25, 0.3) is 0 Å². The Morgan fingerprint density at radius 1 is 1.44 bits per heavy atom. The van der Waals surface area contributed by atoms with Crippen LogP contribution in [0.1, 0.15) is 46.5 Å². The molecule has 1 aliphatic heterocycles. The maximum absolute atomic E-state index is 11.8. The molecule has 0 N–H and O–H groups in total. The number of carbonyl (C=O) groups is 2. The molecule has 0 amide bonds. The summed E-state index contributed by atoms with van der Waals surface area (Å²) in [5, 5.41) is 0. The van der Waals surface area contributed by atoms with E-state index in [1.165, 1.54) is 0 Å². The Morgan fingerprint density at radius 2 is 2.17 bits per heavy atom. The molecule has 4 heteroatoms. The fraction of sp³-hybridized carbons (Fsp3) is 0.857. The number of rotatable bonds is 4. The number of esters is 2. The highest BCUT2D eigenvalue weighted by Crippen LogP contribution is 2.43. The lowest BCUT2D eigenvalue weighted by atomic mass is 9.91. The van der Waals surface area contributed by atoms with Crippen LogP contribution < -0.4 is 0 Å². The number of cyclic esters (lactones) is 1. The van der Waals surface area contributed by atoms with Crippen LogP contribution in [0.5, 0.6) is 0 Å². The Labute approximate surface area is 108 Å². The molecule has 0 aromatic heterocycles. The molecule has 1 saturated carbocycles. The van der Waals surface area contributed by atoms with Crippen molar-refractivity contribution in [2.24, 2.45) is 17.8 Å². The third-order valence-electron chi connectivity index (χ3n) is 4.33. The summed E-state index contributed by atoms with van der Waals surface area (Å²) >= 11 is 0. The average Bonchev–Trinajstić information content (AvgIpc) is 2.92. The van der Waals surface area contributed by atoms with Crippen molar-refractivity contribution in [1.82, 2.24) is 0 Å². The molecule has 1 aliphatic carbocycles. The van der Waals surface area contributed by atoms with Crippen LogP contribution in [0.25, 0.3) is 0 Å². The zero-order chi connectivity index (χ0) is 13.3. The molecule has 18 heavy (non-hydrogen) atoms. The normalized spacial score (nSPS) is 33.7. The van der Waals surface area contributed by atoms with Gasteiger partial charge in [0.2, 0.25) is 0 Å². The molecule has 2 rings (SSSR count). The summed E-state index contributed by atoms with van der Waals surface area (Å²) in [6.45, 7) is 5.65. The van der Waals surface area contributed by atoms with Crippen molar-refractivity contribution in [1.29, 1.82) is 0 Å². The van der Waals surface area contributed by atoms with Gasteiger partial charge < -0.3 is 9.47 Å². The fourth-order valence-electron chi connectivity index (χ4n) is 2.96. The molecule has 1 heterocycles. The van der Waals surface area contributed by atoms with Crippen molar-refractivity contribution in [3.63, 3.8) is 0 Å². The summed E-state index contributed by atoms with van der Waals surface area (Å²) in [6.07, 6.45) is 3.20. The lowest BCUT2D eigenvalue weighted by Crippen LogP contribution is -2.34. The van der Waals surface area contributed by atoms with Crippen LogP contribution in [0.3, 0.4) is 0 Å². The summed E-state index contributed by atoms with van der Waals surface area (Å²) in [5.74, 6) is -0.0997. The van der Waals surface area contributed by atoms with Crippen LogP contribution in [0.2, 0.25) is 0 Å². The smallest absolute Gasteiger partial charge is 0.309 e. The number of carbonyl (C=O) groups excluding carboxylic acids is 2. The van der Waals surface area contributed by atoms with E-state index in [4.69, 9.17) is 9.47 Å². The predicted molar refractivity (Wildman–Crippen MR) is 65.7 cm³/mol. The topological polar surface area (TPSA) is 52.6 Å². The third-order valence-corrected chi connectivity index (χ3v) is 4.33. The summed E-state index contributed by atoms with van der Waals surface area (Å²) < 4.78 is 10.8. The van der Waals surface area contributed by atoms with Crippen molar-refractivity contribution < 1.29 is 19.1 Å². The van der Waals surface area contributed by atoms with Crippen molar-refractivity contribution in [2.45, 2.75) is 58.7 Å². The van der Waals surface area contributed by atoms with Gasteiger partial charge in [-0.25, -0.2) is 0 Å². The molecule has 0 radical (unpaired) electrons. The standard InChI is InChI=1S/C14H22O4/c1-4-8(2)13(15)17-9(3)12-10-6-5-7-11(10)14(16)18-12/h8-12H,4-7H2,1-3H3. The lowest BCUT2D eigenvalue weighted by Gasteiger charge is -2.24. The maximum Gasteiger partial charge on any atom is 0.309 e. The lowest BCUT2D eigenvalue weighted by molar-refractivity contribution is -0.165. The van der Waals surface area contributed by atoms with Crippen molar-refractivity contribution in [2.75, 3.05) is 0 Å². The van der Waals surface area contributed by atoms with E-state index in [-0.39, 0.29) is 41.9 Å². The first-order valence-electron chi connectivity index (χ1n) is 6.95. The van der Waals surface area contributed by atoms with E-state index in [0.29, 0.717) is 0 Å². The number of fused-ring (bicyclic) bond motifs is 1. The van der Waals surface area contributed by atoms with Gasteiger partial charge in [-0.15, -0.1) is 0 Å². The summed E-state index contributed by atoms with van der Waals surface area (Å²) in [4.78, 5) is 23.4. The zero-order valence-electron chi connectivity index (χ0n) is 11.3. The Balaban J connectivity index is 1.95.